The number of nitrogens with zero attached hydrogens (tertiary/aromatic N) is 4. The van der Waals surface area contributed by atoms with Crippen molar-refractivity contribution in [1.29, 1.82) is 0 Å². The van der Waals surface area contributed by atoms with Gasteiger partial charge >= 0.3 is 6.18 Å². The van der Waals surface area contributed by atoms with Crippen molar-refractivity contribution in [2.24, 2.45) is 5.92 Å². The van der Waals surface area contributed by atoms with Crippen molar-refractivity contribution in [3.63, 3.8) is 0 Å². The third-order valence-electron chi connectivity index (χ3n) is 7.34. The van der Waals surface area contributed by atoms with Gasteiger partial charge in [0, 0.05) is 18.8 Å². The van der Waals surface area contributed by atoms with Crippen molar-refractivity contribution in [3.8, 4) is 17.1 Å². The van der Waals surface area contributed by atoms with Crippen LogP contribution in [-0.4, -0.2) is 48.1 Å². The Hall–Kier alpha value is -4.40. The second kappa shape index (κ2) is 11.9. The van der Waals surface area contributed by atoms with Gasteiger partial charge in [0.2, 0.25) is 0 Å². The molecule has 234 valence electrons. The van der Waals surface area contributed by atoms with Crippen LogP contribution in [0.4, 0.5) is 27.6 Å². The second-order valence-electron chi connectivity index (χ2n) is 11.5. The predicted molar refractivity (Wildman–Crippen MR) is 150 cm³/mol. The lowest BCUT2D eigenvalue weighted by Crippen LogP contribution is -2.33. The molecule has 0 aliphatic heterocycles. The molecule has 2 atom stereocenters. The van der Waals surface area contributed by atoms with E-state index < -0.39 is 57.2 Å². The largest absolute Gasteiger partial charge is 0.487 e. The molecule has 10 nitrogen and oxygen atoms in total. The number of alkyl halides is 3. The standard InChI is InChI=1S/C29H29F5N6O4/c1-28(2,43)14-44-18-10-35-25(36-11-18)19-9-16-6-7-40(27(42)21(16)24(31)23(19)30)13-15-4-3-5-17(8-15)38-20-12-37-39-26(41)22(20)29(32,33)34/h6-7,9-12,15,17,43H,3-5,8,13-14H2,1-2H3,(H2,38,39,41)/t15-,17+/m1/s1. The Kier molecular flexibility index (Phi) is 8.42. The van der Waals surface area contributed by atoms with Crippen LogP contribution in [0.3, 0.4) is 0 Å². The number of ether oxygens (including phenoxy) is 1. The van der Waals surface area contributed by atoms with Crippen LogP contribution >= 0.6 is 0 Å². The molecule has 0 saturated heterocycles. The smallest absolute Gasteiger partial charge is 0.423 e. The molecule has 0 spiro atoms. The molecule has 3 aromatic heterocycles. The molecule has 3 N–H and O–H groups in total. The molecular formula is C29H29F5N6O4. The summed E-state index contributed by atoms with van der Waals surface area (Å²) in [6, 6.07) is 2.32. The molecule has 0 unspecified atom stereocenters. The van der Waals surface area contributed by atoms with Gasteiger partial charge in [-0.3, -0.25) is 9.59 Å². The fourth-order valence-electron chi connectivity index (χ4n) is 5.35. The summed E-state index contributed by atoms with van der Waals surface area (Å²) in [4.78, 5) is 33.2. The number of aromatic nitrogens is 5. The molecule has 5 rings (SSSR count). The zero-order chi connectivity index (χ0) is 31.8. The second-order valence-corrected chi connectivity index (χ2v) is 11.5. The van der Waals surface area contributed by atoms with Crippen LogP contribution in [0.2, 0.25) is 0 Å². The molecule has 1 fully saturated rings. The molecule has 44 heavy (non-hydrogen) atoms. The van der Waals surface area contributed by atoms with E-state index in [1.165, 1.54) is 35.3 Å². The van der Waals surface area contributed by atoms with Gasteiger partial charge in [-0.1, -0.05) is 6.42 Å². The molecule has 1 aliphatic rings. The number of aromatic amines is 1. The van der Waals surface area contributed by atoms with Crippen molar-refractivity contribution >= 4 is 16.5 Å². The number of H-pyrrole nitrogens is 1. The Morgan fingerprint density at radius 3 is 2.52 bits per heavy atom. The maximum atomic E-state index is 15.3. The first-order valence-electron chi connectivity index (χ1n) is 13.8. The quantitative estimate of drug-likeness (QED) is 0.242. The predicted octanol–water partition coefficient (Wildman–Crippen LogP) is 4.66. The van der Waals surface area contributed by atoms with Crippen molar-refractivity contribution in [3.05, 3.63) is 74.8 Å². The Balaban J connectivity index is 1.35. The van der Waals surface area contributed by atoms with E-state index in [4.69, 9.17) is 4.74 Å². The molecule has 1 saturated carbocycles. The zero-order valence-corrected chi connectivity index (χ0v) is 23.7. The van der Waals surface area contributed by atoms with E-state index in [0.717, 1.165) is 6.20 Å². The van der Waals surface area contributed by atoms with Gasteiger partial charge in [0.1, 0.15) is 12.2 Å². The van der Waals surface area contributed by atoms with Crippen molar-refractivity contribution in [1.82, 2.24) is 24.7 Å². The number of anilines is 1. The van der Waals surface area contributed by atoms with Crippen LogP contribution < -0.4 is 21.2 Å². The van der Waals surface area contributed by atoms with Gasteiger partial charge in [-0.15, -0.1) is 0 Å². The topological polar surface area (TPSA) is 135 Å². The number of nitrogens with one attached hydrogen (secondary N) is 2. The monoisotopic (exact) mass is 620 g/mol. The number of pyridine rings is 1. The summed E-state index contributed by atoms with van der Waals surface area (Å²) < 4.78 is 77.6. The van der Waals surface area contributed by atoms with Crippen molar-refractivity contribution in [2.75, 3.05) is 11.9 Å². The maximum Gasteiger partial charge on any atom is 0.423 e. The molecule has 3 heterocycles. The fourth-order valence-corrected chi connectivity index (χ4v) is 5.35. The van der Waals surface area contributed by atoms with Gasteiger partial charge in [-0.2, -0.15) is 18.3 Å². The summed E-state index contributed by atoms with van der Waals surface area (Å²) in [5.74, 6) is -2.74. The van der Waals surface area contributed by atoms with Crippen LogP contribution in [0, 0.1) is 17.6 Å². The molecule has 15 heteroatoms. The highest BCUT2D eigenvalue weighted by atomic mass is 19.4. The van der Waals surface area contributed by atoms with E-state index in [1.54, 1.807) is 18.9 Å². The van der Waals surface area contributed by atoms with Gasteiger partial charge < -0.3 is 19.7 Å². The third-order valence-corrected chi connectivity index (χ3v) is 7.34. The van der Waals surface area contributed by atoms with E-state index in [2.05, 4.69) is 20.4 Å². The summed E-state index contributed by atoms with van der Waals surface area (Å²) in [6.45, 7) is 3.20. The number of halogens is 5. The number of hydrogen-bond acceptors (Lipinski definition) is 8. The number of rotatable bonds is 8. The SMILES string of the molecule is CC(C)(O)COc1cnc(-c2cc3ccn(C[C@@H]4CCC[C@H](Nc5cn[nH]c(=O)c5C(F)(F)F)C4)c(=O)c3c(F)c2F)nc1. The molecular weight excluding hydrogens is 591 g/mol. The van der Waals surface area contributed by atoms with E-state index >= 15 is 8.78 Å². The summed E-state index contributed by atoms with van der Waals surface area (Å²) in [5, 5.41) is 17.5. The highest BCUT2D eigenvalue weighted by molar-refractivity contribution is 5.86. The van der Waals surface area contributed by atoms with E-state index in [0.29, 0.717) is 25.7 Å². The van der Waals surface area contributed by atoms with Crippen molar-refractivity contribution in [2.45, 2.75) is 63.9 Å². The van der Waals surface area contributed by atoms with E-state index in [9.17, 15) is 27.9 Å². The molecule has 0 amide bonds. The van der Waals surface area contributed by atoms with Gasteiger partial charge in [0.25, 0.3) is 11.1 Å². The van der Waals surface area contributed by atoms with Gasteiger partial charge in [-0.05, 0) is 56.5 Å². The van der Waals surface area contributed by atoms with E-state index in [1.807, 2.05) is 0 Å². The highest BCUT2D eigenvalue weighted by Crippen LogP contribution is 2.34. The molecule has 1 aliphatic carbocycles. The summed E-state index contributed by atoms with van der Waals surface area (Å²) in [6.07, 6.45) is 2.21. The minimum Gasteiger partial charge on any atom is -0.487 e. The normalized spacial score (nSPS) is 17.5. The Labute approximate surface area is 246 Å². The summed E-state index contributed by atoms with van der Waals surface area (Å²) in [5.41, 5.74) is -5.25. The fraction of sp³-hybridized carbons (Fsp3) is 0.414. The number of benzene rings is 1. The minimum atomic E-state index is -4.88. The summed E-state index contributed by atoms with van der Waals surface area (Å²) >= 11 is 0. The van der Waals surface area contributed by atoms with Gasteiger partial charge in [-0.25, -0.2) is 23.8 Å². The lowest BCUT2D eigenvalue weighted by Gasteiger charge is -2.31. The van der Waals surface area contributed by atoms with Crippen LogP contribution in [-0.2, 0) is 12.7 Å². The molecule has 1 aromatic carbocycles. The third kappa shape index (κ3) is 6.72. The molecule has 4 aromatic rings. The first kappa shape index (κ1) is 31.0. The minimum absolute atomic E-state index is 0.0381. The van der Waals surface area contributed by atoms with Crippen LogP contribution in [0.5, 0.6) is 5.75 Å². The van der Waals surface area contributed by atoms with E-state index in [-0.39, 0.29) is 41.6 Å². The van der Waals surface area contributed by atoms with Gasteiger partial charge in [0.15, 0.2) is 23.2 Å². The van der Waals surface area contributed by atoms with Crippen LogP contribution in [0.15, 0.2) is 46.5 Å². The lowest BCUT2D eigenvalue weighted by molar-refractivity contribution is -0.138. The van der Waals surface area contributed by atoms with Crippen molar-refractivity contribution < 1.29 is 31.8 Å². The zero-order valence-electron chi connectivity index (χ0n) is 23.7. The number of hydrogen-bond donors (Lipinski definition) is 3. The average Bonchev–Trinajstić information content (AvgIpc) is 2.94. The number of fused-ring (bicyclic) bond motifs is 1. The molecule has 0 bridgehead atoms. The first-order chi connectivity index (χ1) is 20.7. The van der Waals surface area contributed by atoms with Crippen LogP contribution in [0.1, 0.15) is 45.1 Å². The average molecular weight is 621 g/mol. The Morgan fingerprint density at radius 1 is 1.11 bits per heavy atom. The number of aliphatic hydroxyl groups is 1. The highest BCUT2D eigenvalue weighted by Gasteiger charge is 2.38. The van der Waals surface area contributed by atoms with Gasteiger partial charge in [0.05, 0.1) is 40.8 Å². The first-order valence-corrected chi connectivity index (χ1v) is 13.8. The summed E-state index contributed by atoms with van der Waals surface area (Å²) in [7, 11) is 0. The lowest BCUT2D eigenvalue weighted by atomic mass is 9.85. The Morgan fingerprint density at radius 2 is 1.84 bits per heavy atom. The maximum absolute atomic E-state index is 15.3. The molecule has 0 radical (unpaired) electrons. The van der Waals surface area contributed by atoms with Crippen LogP contribution in [0.25, 0.3) is 22.2 Å². The Bertz CT molecular complexity index is 1780.